The summed E-state index contributed by atoms with van der Waals surface area (Å²) < 4.78 is 1.70. The number of rotatable bonds is 2. The van der Waals surface area contributed by atoms with Crippen molar-refractivity contribution in [3.05, 3.63) is 11.9 Å². The fourth-order valence-corrected chi connectivity index (χ4v) is 3.25. The first kappa shape index (κ1) is 14.5. The van der Waals surface area contributed by atoms with Gasteiger partial charge in [0.1, 0.15) is 0 Å². The van der Waals surface area contributed by atoms with Crippen LogP contribution in [0.15, 0.2) is 6.20 Å². The van der Waals surface area contributed by atoms with E-state index in [1.54, 1.807) is 4.68 Å². The van der Waals surface area contributed by atoms with E-state index in [0.717, 1.165) is 31.4 Å². The molecular formula is C15H27N3O. The summed E-state index contributed by atoms with van der Waals surface area (Å²) in [4.78, 5) is 0. The summed E-state index contributed by atoms with van der Waals surface area (Å²) in [5, 5.41) is 18.9. The number of aromatic nitrogens is 3. The second kappa shape index (κ2) is 5.23. The molecule has 0 amide bonds. The zero-order valence-corrected chi connectivity index (χ0v) is 12.7. The zero-order valence-electron chi connectivity index (χ0n) is 12.7. The van der Waals surface area contributed by atoms with Crippen LogP contribution in [0.1, 0.15) is 58.6 Å². The summed E-state index contributed by atoms with van der Waals surface area (Å²) in [6.07, 6.45) is 7.76. The van der Waals surface area contributed by atoms with Crippen LogP contribution < -0.4 is 0 Å². The van der Waals surface area contributed by atoms with E-state index >= 15 is 0 Å². The average Bonchev–Trinajstić information content (AvgIpc) is 2.56. The summed E-state index contributed by atoms with van der Waals surface area (Å²) in [6, 6.07) is 0. The Balaban J connectivity index is 2.01. The molecule has 1 aliphatic rings. The molecule has 1 saturated carbocycles. The third kappa shape index (κ3) is 3.78. The van der Waals surface area contributed by atoms with Crippen LogP contribution in [0, 0.1) is 11.3 Å². The quantitative estimate of drug-likeness (QED) is 0.836. The lowest BCUT2D eigenvalue weighted by Crippen LogP contribution is -2.31. The van der Waals surface area contributed by atoms with Gasteiger partial charge in [-0.3, -0.25) is 4.68 Å². The molecule has 1 aromatic heterocycles. The van der Waals surface area contributed by atoms with Crippen LogP contribution in [-0.2, 0) is 13.5 Å². The van der Waals surface area contributed by atoms with Crippen LogP contribution in [0.5, 0.6) is 0 Å². The van der Waals surface area contributed by atoms with Crippen LogP contribution in [0.4, 0.5) is 0 Å². The van der Waals surface area contributed by atoms with Gasteiger partial charge < -0.3 is 5.11 Å². The smallest absolute Gasteiger partial charge is 0.0855 e. The minimum absolute atomic E-state index is 0.345. The maximum absolute atomic E-state index is 10.8. The Bertz CT molecular complexity index is 421. The monoisotopic (exact) mass is 265 g/mol. The molecule has 0 aromatic carbocycles. The molecule has 0 aliphatic heterocycles. The van der Waals surface area contributed by atoms with Gasteiger partial charge in [-0.25, -0.2) is 0 Å². The van der Waals surface area contributed by atoms with Crippen molar-refractivity contribution in [1.82, 2.24) is 15.0 Å². The Hall–Kier alpha value is -0.900. The Kier molecular flexibility index (Phi) is 4.00. The Morgan fingerprint density at radius 3 is 2.68 bits per heavy atom. The third-order valence-corrected chi connectivity index (χ3v) is 4.54. The molecule has 2 unspecified atom stereocenters. The van der Waals surface area contributed by atoms with Gasteiger partial charge in [0.15, 0.2) is 0 Å². The average molecular weight is 265 g/mol. The van der Waals surface area contributed by atoms with Crippen molar-refractivity contribution in [3.8, 4) is 0 Å². The molecule has 0 spiro atoms. The number of aliphatic hydroxyl groups is 1. The fourth-order valence-electron chi connectivity index (χ4n) is 3.25. The summed E-state index contributed by atoms with van der Waals surface area (Å²) in [6.45, 7) is 6.93. The maximum atomic E-state index is 10.8. The molecule has 1 aliphatic carbocycles. The van der Waals surface area contributed by atoms with E-state index in [4.69, 9.17) is 0 Å². The first-order valence-electron chi connectivity index (χ1n) is 7.36. The third-order valence-electron chi connectivity index (χ3n) is 4.54. The van der Waals surface area contributed by atoms with Crippen LogP contribution in [-0.4, -0.2) is 25.7 Å². The lowest BCUT2D eigenvalue weighted by Gasteiger charge is -2.30. The van der Waals surface area contributed by atoms with E-state index in [0.29, 0.717) is 17.8 Å². The van der Waals surface area contributed by atoms with E-state index in [9.17, 15) is 5.11 Å². The SMILES string of the molecule is Cn1cc(CC2(O)CCCC(C(C)(C)C)CC2)nn1. The number of hydrogen-bond donors (Lipinski definition) is 1. The van der Waals surface area contributed by atoms with Gasteiger partial charge >= 0.3 is 0 Å². The fraction of sp³-hybridized carbons (Fsp3) is 0.867. The largest absolute Gasteiger partial charge is 0.389 e. The lowest BCUT2D eigenvalue weighted by molar-refractivity contribution is 0.0216. The van der Waals surface area contributed by atoms with Crippen molar-refractivity contribution >= 4 is 0 Å². The van der Waals surface area contributed by atoms with E-state index < -0.39 is 5.60 Å². The predicted octanol–water partition coefficient (Wildman–Crippen LogP) is 2.72. The Morgan fingerprint density at radius 2 is 2.11 bits per heavy atom. The van der Waals surface area contributed by atoms with Gasteiger partial charge in [0, 0.05) is 19.7 Å². The topological polar surface area (TPSA) is 50.9 Å². The van der Waals surface area contributed by atoms with E-state index in [-0.39, 0.29) is 0 Å². The van der Waals surface area contributed by atoms with Gasteiger partial charge in [0.05, 0.1) is 11.3 Å². The lowest BCUT2D eigenvalue weighted by atomic mass is 9.76. The molecule has 4 heteroatoms. The van der Waals surface area contributed by atoms with Crippen molar-refractivity contribution in [2.24, 2.45) is 18.4 Å². The highest BCUT2D eigenvalue weighted by Gasteiger charge is 2.35. The molecule has 0 bridgehead atoms. The van der Waals surface area contributed by atoms with Crippen molar-refractivity contribution in [1.29, 1.82) is 0 Å². The molecule has 108 valence electrons. The van der Waals surface area contributed by atoms with Gasteiger partial charge in [-0.1, -0.05) is 32.4 Å². The van der Waals surface area contributed by atoms with Gasteiger partial charge in [0.2, 0.25) is 0 Å². The Morgan fingerprint density at radius 1 is 1.37 bits per heavy atom. The highest BCUT2D eigenvalue weighted by atomic mass is 16.3. The van der Waals surface area contributed by atoms with Crippen LogP contribution in [0.3, 0.4) is 0 Å². The van der Waals surface area contributed by atoms with Gasteiger partial charge in [-0.05, 0) is 37.0 Å². The van der Waals surface area contributed by atoms with E-state index in [1.807, 2.05) is 13.2 Å². The number of nitrogens with zero attached hydrogens (tertiary/aromatic N) is 3. The molecule has 19 heavy (non-hydrogen) atoms. The minimum Gasteiger partial charge on any atom is -0.389 e. The summed E-state index contributed by atoms with van der Waals surface area (Å²) in [5.74, 6) is 0.711. The first-order chi connectivity index (χ1) is 8.78. The van der Waals surface area contributed by atoms with Crippen molar-refractivity contribution in [3.63, 3.8) is 0 Å². The predicted molar refractivity (Wildman–Crippen MR) is 75.7 cm³/mol. The Labute approximate surface area is 116 Å². The molecule has 0 radical (unpaired) electrons. The van der Waals surface area contributed by atoms with Gasteiger partial charge in [0.25, 0.3) is 0 Å². The molecule has 2 atom stereocenters. The second-order valence-electron chi connectivity index (χ2n) is 7.28. The van der Waals surface area contributed by atoms with Crippen LogP contribution in [0.25, 0.3) is 0 Å². The first-order valence-corrected chi connectivity index (χ1v) is 7.36. The molecule has 1 heterocycles. The molecule has 1 N–H and O–H groups in total. The highest BCUT2D eigenvalue weighted by Crippen LogP contribution is 2.40. The second-order valence-corrected chi connectivity index (χ2v) is 7.28. The van der Waals surface area contributed by atoms with Gasteiger partial charge in [-0.15, -0.1) is 5.10 Å². The van der Waals surface area contributed by atoms with Crippen LogP contribution >= 0.6 is 0 Å². The van der Waals surface area contributed by atoms with E-state index in [1.165, 1.54) is 6.42 Å². The number of hydrogen-bond acceptors (Lipinski definition) is 3. The van der Waals surface area contributed by atoms with Crippen molar-refractivity contribution in [2.45, 2.75) is 64.9 Å². The standard InChI is InChI=1S/C15H27N3O/c1-14(2,3)12-6-5-8-15(19,9-7-12)10-13-11-18(4)17-16-13/h11-12,19H,5-10H2,1-4H3. The molecule has 2 rings (SSSR count). The van der Waals surface area contributed by atoms with Crippen LogP contribution in [0.2, 0.25) is 0 Å². The van der Waals surface area contributed by atoms with Crippen molar-refractivity contribution in [2.75, 3.05) is 0 Å². The molecule has 1 fully saturated rings. The normalized spacial score (nSPS) is 29.2. The number of aryl methyl sites for hydroxylation is 1. The van der Waals surface area contributed by atoms with Crippen molar-refractivity contribution < 1.29 is 5.11 Å². The zero-order chi connectivity index (χ0) is 14.1. The maximum Gasteiger partial charge on any atom is 0.0855 e. The summed E-state index contributed by atoms with van der Waals surface area (Å²) >= 11 is 0. The molecule has 0 saturated heterocycles. The molecule has 4 nitrogen and oxygen atoms in total. The molecular weight excluding hydrogens is 238 g/mol. The van der Waals surface area contributed by atoms with E-state index in [2.05, 4.69) is 31.1 Å². The molecule has 1 aromatic rings. The summed E-state index contributed by atoms with van der Waals surface area (Å²) in [7, 11) is 1.86. The highest BCUT2D eigenvalue weighted by molar-refractivity contribution is 5.00. The minimum atomic E-state index is -0.587. The summed E-state index contributed by atoms with van der Waals surface area (Å²) in [5.41, 5.74) is 0.660. The van der Waals surface area contributed by atoms with Gasteiger partial charge in [-0.2, -0.15) is 0 Å².